The van der Waals surface area contributed by atoms with Gasteiger partial charge >= 0.3 is 11.9 Å². The summed E-state index contributed by atoms with van der Waals surface area (Å²) in [6.45, 7) is 0.218. The molecule has 0 amide bonds. The van der Waals surface area contributed by atoms with Gasteiger partial charge in [0.25, 0.3) is 11.4 Å². The fourth-order valence-electron chi connectivity index (χ4n) is 3.96. The van der Waals surface area contributed by atoms with E-state index in [1.165, 1.54) is 26.4 Å². The van der Waals surface area contributed by atoms with Gasteiger partial charge in [0.1, 0.15) is 18.1 Å². The smallest absolute Gasteiger partial charge is 0.338 e. The average molecular weight is 611 g/mol. The third-order valence-corrected chi connectivity index (χ3v) is 6.13. The Balaban J connectivity index is 1.79. The summed E-state index contributed by atoms with van der Waals surface area (Å²) >= 11 is 0. The van der Waals surface area contributed by atoms with Crippen molar-refractivity contribution in [3.63, 3.8) is 0 Å². The van der Waals surface area contributed by atoms with Crippen molar-refractivity contribution in [1.82, 2.24) is 0 Å². The van der Waals surface area contributed by atoms with Gasteiger partial charge < -0.3 is 34.3 Å². The number of nitro groups is 2. The van der Waals surface area contributed by atoms with Gasteiger partial charge in [-0.05, 0) is 29.8 Å². The van der Waals surface area contributed by atoms with Crippen molar-refractivity contribution in [3.8, 4) is 17.2 Å². The molecule has 0 saturated heterocycles. The normalized spacial score (nSPS) is 10.5. The second kappa shape index (κ2) is 15.4. The summed E-state index contributed by atoms with van der Waals surface area (Å²) in [4.78, 5) is 46.4. The summed E-state index contributed by atoms with van der Waals surface area (Å²) in [5.74, 6) is -0.778. The van der Waals surface area contributed by atoms with Crippen LogP contribution in [0.4, 0.5) is 22.7 Å². The molecule has 0 aliphatic heterocycles. The van der Waals surface area contributed by atoms with E-state index in [9.17, 15) is 29.8 Å². The molecule has 0 bridgehead atoms. The molecule has 0 unspecified atom stereocenters. The minimum atomic E-state index is -0.774. The Morgan fingerprint density at radius 1 is 0.727 bits per heavy atom. The lowest BCUT2D eigenvalue weighted by Gasteiger charge is -2.15. The molecule has 0 fully saturated rings. The van der Waals surface area contributed by atoms with E-state index >= 15 is 0 Å². The highest BCUT2D eigenvalue weighted by Crippen LogP contribution is 2.38. The van der Waals surface area contributed by atoms with Gasteiger partial charge in [-0.25, -0.2) is 9.59 Å². The number of hydrogen-bond acceptors (Lipinski definition) is 13. The predicted octanol–water partition coefficient (Wildman–Crippen LogP) is 4.75. The molecule has 3 aromatic carbocycles. The maximum atomic E-state index is 12.2. The number of nitrogens with one attached hydrogen (secondary N) is 2. The minimum Gasteiger partial charge on any atom is -0.497 e. The quantitative estimate of drug-likeness (QED) is 0.104. The fourth-order valence-corrected chi connectivity index (χ4v) is 3.96. The van der Waals surface area contributed by atoms with Crippen LogP contribution in [0.3, 0.4) is 0 Å². The molecule has 0 aromatic heterocycles. The van der Waals surface area contributed by atoms with Crippen LogP contribution in [0.25, 0.3) is 0 Å². The molecule has 0 spiro atoms. The first-order valence-electron chi connectivity index (χ1n) is 12.9. The lowest BCUT2D eigenvalue weighted by Crippen LogP contribution is -2.10. The molecule has 3 aromatic rings. The first-order chi connectivity index (χ1) is 21.1. The zero-order valence-corrected chi connectivity index (χ0v) is 24.3. The average Bonchev–Trinajstić information content (AvgIpc) is 3.04. The van der Waals surface area contributed by atoms with Gasteiger partial charge in [-0.15, -0.1) is 0 Å². The lowest BCUT2D eigenvalue weighted by atomic mass is 10.1. The zero-order valence-electron chi connectivity index (χ0n) is 24.3. The number of ether oxygens (including phenoxy) is 5. The maximum Gasteiger partial charge on any atom is 0.338 e. The molecule has 44 heavy (non-hydrogen) atoms. The van der Waals surface area contributed by atoms with Crippen LogP contribution in [0.5, 0.6) is 17.2 Å². The number of hydrogen-bond donors (Lipinski definition) is 2. The Hall–Kier alpha value is -5.86. The highest BCUT2D eigenvalue weighted by molar-refractivity contribution is 5.93. The van der Waals surface area contributed by atoms with Crippen LogP contribution in [-0.4, -0.2) is 63.3 Å². The van der Waals surface area contributed by atoms with E-state index in [-0.39, 0.29) is 53.7 Å². The predicted molar refractivity (Wildman–Crippen MR) is 159 cm³/mol. The van der Waals surface area contributed by atoms with Crippen molar-refractivity contribution < 1.29 is 43.1 Å². The van der Waals surface area contributed by atoms with E-state index in [0.29, 0.717) is 5.75 Å². The molecule has 0 saturated carbocycles. The molecule has 0 aliphatic rings. The summed E-state index contributed by atoms with van der Waals surface area (Å²) in [7, 11) is 5.16. The molecule has 2 N–H and O–H groups in total. The van der Waals surface area contributed by atoms with Crippen molar-refractivity contribution in [2.45, 2.75) is 6.61 Å². The largest absolute Gasteiger partial charge is 0.497 e. The van der Waals surface area contributed by atoms with E-state index in [2.05, 4.69) is 15.4 Å². The minimum absolute atomic E-state index is 0.0319. The number of nitrogens with zero attached hydrogens (tertiary/aromatic N) is 2. The number of nitro benzene ring substituents is 2. The van der Waals surface area contributed by atoms with Gasteiger partial charge in [0.2, 0.25) is 0 Å². The Morgan fingerprint density at radius 2 is 1.20 bits per heavy atom. The third kappa shape index (κ3) is 8.12. The highest BCUT2D eigenvalue weighted by atomic mass is 16.6. The summed E-state index contributed by atoms with van der Waals surface area (Å²) in [5.41, 5.74) is -0.0888. The van der Waals surface area contributed by atoms with Crippen LogP contribution in [0.2, 0.25) is 0 Å². The molecule has 0 radical (unpaired) electrons. The summed E-state index contributed by atoms with van der Waals surface area (Å²) < 4.78 is 25.6. The molecule has 232 valence electrons. The number of rotatable bonds is 15. The summed E-state index contributed by atoms with van der Waals surface area (Å²) in [6.07, 6.45) is 3.25. The molecule has 0 heterocycles. The van der Waals surface area contributed by atoms with Gasteiger partial charge in [-0.2, -0.15) is 0 Å². The van der Waals surface area contributed by atoms with E-state index in [4.69, 9.17) is 18.9 Å². The molecule has 0 atom stereocenters. The zero-order chi connectivity index (χ0) is 32.2. The van der Waals surface area contributed by atoms with Gasteiger partial charge in [-0.3, -0.25) is 20.2 Å². The van der Waals surface area contributed by atoms with Crippen molar-refractivity contribution in [2.75, 3.05) is 52.2 Å². The first-order valence-corrected chi connectivity index (χ1v) is 12.9. The van der Waals surface area contributed by atoms with Crippen molar-refractivity contribution in [3.05, 3.63) is 97.6 Å². The Labute approximate surface area is 251 Å². The van der Waals surface area contributed by atoms with E-state index in [0.717, 1.165) is 31.9 Å². The third-order valence-electron chi connectivity index (χ3n) is 6.13. The maximum absolute atomic E-state index is 12.2. The van der Waals surface area contributed by atoms with Crippen LogP contribution in [0, 0.1) is 20.2 Å². The number of benzene rings is 3. The second-order valence-electron chi connectivity index (χ2n) is 8.81. The number of carbonyl (C=O) groups excluding carboxylic acids is 2. The molecular formula is C29H30N4O11. The van der Waals surface area contributed by atoms with Crippen LogP contribution in [0.15, 0.2) is 60.7 Å². The van der Waals surface area contributed by atoms with Crippen LogP contribution < -0.4 is 24.8 Å². The van der Waals surface area contributed by atoms with E-state index in [1.54, 1.807) is 36.4 Å². The van der Waals surface area contributed by atoms with Gasteiger partial charge in [-0.1, -0.05) is 24.3 Å². The van der Waals surface area contributed by atoms with Crippen molar-refractivity contribution in [1.29, 1.82) is 0 Å². The monoisotopic (exact) mass is 610 g/mol. The number of methoxy groups -OCH3 is 4. The number of esters is 2. The fraction of sp³-hybridized carbons (Fsp3) is 0.241. The second-order valence-corrected chi connectivity index (χ2v) is 8.81. The Morgan fingerprint density at radius 3 is 1.64 bits per heavy atom. The molecule has 15 nitrogen and oxygen atoms in total. The van der Waals surface area contributed by atoms with Gasteiger partial charge in [0.15, 0.2) is 17.1 Å². The summed E-state index contributed by atoms with van der Waals surface area (Å²) in [6, 6.07) is 11.8. The number of anilines is 2. The van der Waals surface area contributed by atoms with Crippen molar-refractivity contribution >= 4 is 34.7 Å². The molecule has 15 heteroatoms. The SMILES string of the molecule is COC(=O)c1cc(OC)c(NC/C=C/CNc2c(OCc3ccc(OC)cc3)cc(C(=O)OC)cc2[N+](=O)[O-])c([N+](=O)[O-])c1. The van der Waals surface area contributed by atoms with Crippen LogP contribution in [-0.2, 0) is 16.1 Å². The van der Waals surface area contributed by atoms with Gasteiger partial charge in [0.05, 0.1) is 49.4 Å². The van der Waals surface area contributed by atoms with E-state index < -0.39 is 33.2 Å². The van der Waals surface area contributed by atoms with Gasteiger partial charge in [0, 0.05) is 25.2 Å². The Bertz CT molecular complexity index is 1560. The Kier molecular flexibility index (Phi) is 11.4. The molecule has 0 aliphatic carbocycles. The number of carbonyl (C=O) groups is 2. The van der Waals surface area contributed by atoms with E-state index in [1.807, 2.05) is 0 Å². The molecule has 3 rings (SSSR count). The standard InChI is InChI=1S/C29H30N4O11/c1-40-21-9-7-18(8-10-21)17-44-25-16-20(29(35)43-4)14-23(33(38)39)27(25)31-12-6-5-11-30-26-22(32(36)37)13-19(28(34)42-3)15-24(26)41-2/h5-10,13-16,30-31H,11-12,17H2,1-4H3/b6-5+. The highest BCUT2D eigenvalue weighted by Gasteiger charge is 2.25. The topological polar surface area (TPSA) is 191 Å². The summed E-state index contributed by atoms with van der Waals surface area (Å²) in [5, 5.41) is 29.4. The first kappa shape index (κ1) is 32.7. The lowest BCUT2D eigenvalue weighted by molar-refractivity contribution is -0.384. The van der Waals surface area contributed by atoms with Crippen LogP contribution >= 0.6 is 0 Å². The van der Waals surface area contributed by atoms with Crippen LogP contribution in [0.1, 0.15) is 26.3 Å². The van der Waals surface area contributed by atoms with Crippen molar-refractivity contribution in [2.24, 2.45) is 0 Å². The molecular weight excluding hydrogens is 580 g/mol.